The highest BCUT2D eigenvalue weighted by Gasteiger charge is 2.30. The molecule has 1 aliphatic heterocycles. The number of hydrogen-bond acceptors (Lipinski definition) is 6. The van der Waals surface area contributed by atoms with Crippen LogP contribution in [0.5, 0.6) is 11.5 Å². The molecule has 0 N–H and O–H groups in total. The van der Waals surface area contributed by atoms with E-state index in [1.165, 1.54) is 13.4 Å². The quantitative estimate of drug-likeness (QED) is 0.634. The topological polar surface area (TPSA) is 75.0 Å². The third-order valence-corrected chi connectivity index (χ3v) is 3.61. The normalized spacial score (nSPS) is 15.8. The molecule has 0 radical (unpaired) electrons. The predicted molar refractivity (Wildman–Crippen MR) is 84.9 cm³/mol. The molecule has 1 atom stereocenters. The van der Waals surface area contributed by atoms with Crippen LogP contribution < -0.4 is 9.47 Å². The number of hydrogen-bond donors (Lipinski definition) is 0. The lowest BCUT2D eigenvalue weighted by Crippen LogP contribution is -2.24. The van der Waals surface area contributed by atoms with Crippen molar-refractivity contribution in [3.8, 4) is 11.5 Å². The number of esters is 1. The van der Waals surface area contributed by atoms with E-state index in [9.17, 15) is 9.59 Å². The van der Waals surface area contributed by atoms with Crippen molar-refractivity contribution in [3.63, 3.8) is 0 Å². The van der Waals surface area contributed by atoms with Gasteiger partial charge in [0, 0.05) is 12.1 Å². The average Bonchev–Trinajstić information content (AvgIpc) is 3.15. The molecule has 1 aromatic carbocycles. The molecular formula is C18H16O6. The molecule has 0 bridgehead atoms. The molecule has 3 rings (SSSR count). The van der Waals surface area contributed by atoms with Gasteiger partial charge in [0.15, 0.2) is 11.9 Å². The van der Waals surface area contributed by atoms with Crippen molar-refractivity contribution in [1.82, 2.24) is 0 Å². The van der Waals surface area contributed by atoms with E-state index in [1.807, 2.05) is 0 Å². The molecule has 24 heavy (non-hydrogen) atoms. The minimum atomic E-state index is -0.761. The summed E-state index contributed by atoms with van der Waals surface area (Å²) < 4.78 is 21.0. The molecular weight excluding hydrogens is 312 g/mol. The number of carbonyl (C=O) groups excluding carboxylic acids is 2. The van der Waals surface area contributed by atoms with E-state index in [2.05, 4.69) is 4.74 Å². The van der Waals surface area contributed by atoms with Gasteiger partial charge >= 0.3 is 5.97 Å². The summed E-state index contributed by atoms with van der Waals surface area (Å²) in [5, 5.41) is 0. The van der Waals surface area contributed by atoms with Crippen molar-refractivity contribution in [2.24, 2.45) is 0 Å². The second-order valence-corrected chi connectivity index (χ2v) is 5.35. The number of rotatable bonds is 4. The van der Waals surface area contributed by atoms with Crippen molar-refractivity contribution < 1.29 is 28.2 Å². The van der Waals surface area contributed by atoms with Crippen LogP contribution in [-0.4, -0.2) is 25.0 Å². The number of allylic oxidation sites excluding steroid dienone is 1. The molecule has 2 aromatic rings. The maximum atomic E-state index is 12.5. The first-order chi connectivity index (χ1) is 11.5. The van der Waals surface area contributed by atoms with Gasteiger partial charge in [0.05, 0.1) is 18.9 Å². The number of methoxy groups -OCH3 is 1. The van der Waals surface area contributed by atoms with Gasteiger partial charge in [-0.2, -0.15) is 0 Å². The van der Waals surface area contributed by atoms with Gasteiger partial charge < -0.3 is 18.6 Å². The van der Waals surface area contributed by atoms with E-state index in [0.717, 1.165) is 0 Å². The van der Waals surface area contributed by atoms with Crippen molar-refractivity contribution in [2.45, 2.75) is 20.0 Å². The standard InChI is InChI=1S/C18H16O6/c1-10-7-13(23-11(2)18(20)21-3)9-14-16(10)17(19)15(24-14)8-12-5-4-6-22-12/h4-9,11H,1-3H3/b15-8-. The first-order valence-corrected chi connectivity index (χ1v) is 7.36. The van der Waals surface area contributed by atoms with E-state index in [1.54, 1.807) is 44.2 Å². The lowest BCUT2D eigenvalue weighted by atomic mass is 10.0. The first kappa shape index (κ1) is 15.9. The first-order valence-electron chi connectivity index (χ1n) is 7.36. The number of furan rings is 1. The molecule has 2 heterocycles. The molecule has 0 fully saturated rings. The minimum absolute atomic E-state index is 0.182. The van der Waals surface area contributed by atoms with E-state index in [-0.39, 0.29) is 11.5 Å². The fourth-order valence-corrected chi connectivity index (χ4v) is 2.47. The number of Topliss-reactive ketones (excluding diaryl/α,β-unsaturated/α-hetero) is 1. The van der Waals surface area contributed by atoms with Crippen LogP contribution in [0.1, 0.15) is 28.6 Å². The van der Waals surface area contributed by atoms with Crippen LogP contribution in [0.4, 0.5) is 0 Å². The SMILES string of the molecule is COC(=O)C(C)Oc1cc(C)c2c(c1)O/C(=C\c1ccco1)C2=O. The fourth-order valence-electron chi connectivity index (χ4n) is 2.47. The molecule has 0 amide bonds. The lowest BCUT2D eigenvalue weighted by molar-refractivity contribution is -0.147. The summed E-state index contributed by atoms with van der Waals surface area (Å²) in [6.45, 7) is 3.37. The Hall–Kier alpha value is -3.02. The highest BCUT2D eigenvalue weighted by Crippen LogP contribution is 2.37. The summed E-state index contributed by atoms with van der Waals surface area (Å²) in [5.41, 5.74) is 1.18. The number of ketones is 1. The Morgan fingerprint density at radius 2 is 2.12 bits per heavy atom. The second kappa shape index (κ2) is 6.23. The number of benzene rings is 1. The van der Waals surface area contributed by atoms with Crippen molar-refractivity contribution in [3.05, 3.63) is 53.2 Å². The van der Waals surface area contributed by atoms with Gasteiger partial charge in [-0.3, -0.25) is 4.79 Å². The van der Waals surface area contributed by atoms with Crippen LogP contribution in [-0.2, 0) is 9.53 Å². The van der Waals surface area contributed by atoms with Crippen molar-refractivity contribution >= 4 is 17.8 Å². The fraction of sp³-hybridized carbons (Fsp3) is 0.222. The van der Waals surface area contributed by atoms with E-state index >= 15 is 0 Å². The van der Waals surface area contributed by atoms with Gasteiger partial charge in [-0.15, -0.1) is 0 Å². The summed E-state index contributed by atoms with van der Waals surface area (Å²) in [7, 11) is 1.30. The molecule has 124 valence electrons. The third-order valence-electron chi connectivity index (χ3n) is 3.61. The average molecular weight is 328 g/mol. The zero-order chi connectivity index (χ0) is 17.3. The highest BCUT2D eigenvalue weighted by molar-refractivity contribution is 6.15. The molecule has 0 aliphatic carbocycles. The maximum Gasteiger partial charge on any atom is 0.346 e. The largest absolute Gasteiger partial charge is 0.479 e. The maximum absolute atomic E-state index is 12.5. The number of aryl methyl sites for hydroxylation is 1. The van der Waals surface area contributed by atoms with E-state index in [4.69, 9.17) is 13.9 Å². The molecule has 6 nitrogen and oxygen atoms in total. The molecule has 1 aliphatic rings. The smallest absolute Gasteiger partial charge is 0.346 e. The Morgan fingerprint density at radius 1 is 1.33 bits per heavy atom. The van der Waals surface area contributed by atoms with Gasteiger partial charge in [-0.05, 0) is 37.6 Å². The zero-order valence-corrected chi connectivity index (χ0v) is 13.5. The van der Waals surface area contributed by atoms with Crippen LogP contribution in [0.3, 0.4) is 0 Å². The van der Waals surface area contributed by atoms with Crippen molar-refractivity contribution in [1.29, 1.82) is 0 Å². The van der Waals surface area contributed by atoms with Gasteiger partial charge in [0.25, 0.3) is 0 Å². The second-order valence-electron chi connectivity index (χ2n) is 5.35. The highest BCUT2D eigenvalue weighted by atomic mass is 16.6. The summed E-state index contributed by atoms with van der Waals surface area (Å²) in [4.78, 5) is 23.9. The Balaban J connectivity index is 1.89. The van der Waals surface area contributed by atoms with Gasteiger partial charge in [-0.25, -0.2) is 4.79 Å². The number of ether oxygens (including phenoxy) is 3. The number of fused-ring (bicyclic) bond motifs is 1. The summed E-state index contributed by atoms with van der Waals surface area (Å²) in [6, 6.07) is 6.73. The van der Waals surface area contributed by atoms with E-state index < -0.39 is 12.1 Å². The van der Waals surface area contributed by atoms with Gasteiger partial charge in [0.2, 0.25) is 5.78 Å². The zero-order valence-electron chi connectivity index (χ0n) is 13.5. The predicted octanol–water partition coefficient (Wildman–Crippen LogP) is 3.14. The Labute approximate surface area is 138 Å². The molecule has 6 heteroatoms. The Morgan fingerprint density at radius 3 is 2.79 bits per heavy atom. The van der Waals surface area contributed by atoms with Crippen LogP contribution >= 0.6 is 0 Å². The molecule has 0 spiro atoms. The van der Waals surface area contributed by atoms with Crippen LogP contribution in [0.2, 0.25) is 0 Å². The van der Waals surface area contributed by atoms with Gasteiger partial charge in [0.1, 0.15) is 17.3 Å². The molecule has 1 unspecified atom stereocenters. The molecule has 0 saturated heterocycles. The Bertz CT molecular complexity index is 816. The van der Waals surface area contributed by atoms with Crippen molar-refractivity contribution in [2.75, 3.05) is 7.11 Å². The third kappa shape index (κ3) is 2.90. The lowest BCUT2D eigenvalue weighted by Gasteiger charge is -2.13. The monoisotopic (exact) mass is 328 g/mol. The van der Waals surface area contributed by atoms with E-state index in [0.29, 0.717) is 28.4 Å². The van der Waals surface area contributed by atoms with Gasteiger partial charge in [-0.1, -0.05) is 0 Å². The molecule has 0 saturated carbocycles. The molecule has 1 aromatic heterocycles. The van der Waals surface area contributed by atoms with Crippen LogP contribution in [0, 0.1) is 6.92 Å². The Kier molecular flexibility index (Phi) is 4.12. The minimum Gasteiger partial charge on any atom is -0.479 e. The summed E-state index contributed by atoms with van der Waals surface area (Å²) in [5.74, 6) is 0.830. The van der Waals surface area contributed by atoms with Crippen LogP contribution in [0.15, 0.2) is 40.7 Å². The summed E-state index contributed by atoms with van der Waals surface area (Å²) >= 11 is 0. The summed E-state index contributed by atoms with van der Waals surface area (Å²) in [6.07, 6.45) is 2.30. The van der Waals surface area contributed by atoms with Crippen LogP contribution in [0.25, 0.3) is 6.08 Å². The number of carbonyl (C=O) groups is 2.